The van der Waals surface area contributed by atoms with Crippen LogP contribution < -0.4 is 0 Å². The lowest BCUT2D eigenvalue weighted by Gasteiger charge is -2.06. The second-order valence-electron chi connectivity index (χ2n) is 6.57. The van der Waals surface area contributed by atoms with Crippen LogP contribution in [-0.2, 0) is 0 Å². The van der Waals surface area contributed by atoms with Gasteiger partial charge in [0.2, 0.25) is 0 Å². The second-order valence-corrected chi connectivity index (χ2v) is 6.57. The Bertz CT molecular complexity index is 1400. The molecule has 5 aromatic rings. The third kappa shape index (κ3) is 4.23. The van der Waals surface area contributed by atoms with Gasteiger partial charge in [0.1, 0.15) is 0 Å². The van der Waals surface area contributed by atoms with E-state index >= 15 is 0 Å². The summed E-state index contributed by atoms with van der Waals surface area (Å²) in [6, 6.07) is 16.0. The molecule has 0 bridgehead atoms. The summed E-state index contributed by atoms with van der Waals surface area (Å²) in [6.07, 6.45) is 7.92. The van der Waals surface area contributed by atoms with Crippen LogP contribution in [0.3, 0.4) is 0 Å². The summed E-state index contributed by atoms with van der Waals surface area (Å²) in [5.74, 6) is -1.89. The first-order chi connectivity index (χ1) is 15.0. The van der Waals surface area contributed by atoms with E-state index in [0.29, 0.717) is 16.6 Å². The number of pyridine rings is 3. The fraction of sp³-hybridized carbons (Fsp3) is 0. The Hall–Kier alpha value is -4.59. The van der Waals surface area contributed by atoms with Gasteiger partial charge in [-0.2, -0.15) is 0 Å². The normalized spacial score (nSPS) is 10.5. The van der Waals surface area contributed by atoms with E-state index in [1.54, 1.807) is 53.6 Å². The lowest BCUT2D eigenvalue weighted by molar-refractivity contribution is 0.0686. The van der Waals surface area contributed by atoms with Crippen LogP contribution in [0.5, 0.6) is 0 Å². The number of imidazole rings is 1. The molecule has 4 heterocycles. The van der Waals surface area contributed by atoms with Gasteiger partial charge < -0.3 is 14.6 Å². The molecule has 0 aliphatic carbocycles. The third-order valence-corrected chi connectivity index (χ3v) is 4.57. The van der Waals surface area contributed by atoms with Crippen LogP contribution in [0.25, 0.3) is 27.7 Å². The number of hydrogen-bond acceptors (Lipinski definition) is 5. The van der Waals surface area contributed by atoms with Gasteiger partial charge >= 0.3 is 11.9 Å². The Balaban J connectivity index is 0.000000166. The van der Waals surface area contributed by atoms with E-state index in [4.69, 9.17) is 5.11 Å². The van der Waals surface area contributed by atoms with Crippen LogP contribution in [0.4, 0.5) is 0 Å². The van der Waals surface area contributed by atoms with Gasteiger partial charge in [-0.1, -0.05) is 30.3 Å². The molecule has 0 fully saturated rings. The quantitative estimate of drug-likeness (QED) is 0.459. The minimum absolute atomic E-state index is 0.242. The van der Waals surface area contributed by atoms with Gasteiger partial charge in [-0.05, 0) is 24.3 Å². The molecule has 5 rings (SSSR count). The van der Waals surface area contributed by atoms with E-state index in [9.17, 15) is 14.7 Å². The Morgan fingerprint density at radius 2 is 1.68 bits per heavy atom. The minimum atomic E-state index is -0.962. The first-order valence-corrected chi connectivity index (χ1v) is 9.21. The van der Waals surface area contributed by atoms with Crippen molar-refractivity contribution in [3.63, 3.8) is 0 Å². The average Bonchev–Trinajstić information content (AvgIpc) is 3.27. The molecular weight excluding hydrogens is 396 g/mol. The number of aromatic carboxylic acids is 2. The average molecular weight is 412 g/mol. The highest BCUT2D eigenvalue weighted by Crippen LogP contribution is 2.24. The number of carbonyl (C=O) groups is 2. The SMILES string of the molecule is O=C(O)c1cc(-c2ccccc2)nc2cnccc12.O=C(O)c1ccc2cncn2c1. The van der Waals surface area contributed by atoms with Crippen LogP contribution in [0.1, 0.15) is 20.7 Å². The molecule has 0 saturated heterocycles. The lowest BCUT2D eigenvalue weighted by atomic mass is 10.1. The summed E-state index contributed by atoms with van der Waals surface area (Å²) in [6.45, 7) is 0. The van der Waals surface area contributed by atoms with Gasteiger partial charge in [0, 0.05) is 23.3 Å². The Kier molecular flexibility index (Phi) is 5.35. The summed E-state index contributed by atoms with van der Waals surface area (Å²) in [7, 11) is 0. The van der Waals surface area contributed by atoms with Gasteiger partial charge in [-0.3, -0.25) is 4.98 Å². The van der Waals surface area contributed by atoms with Crippen molar-refractivity contribution in [2.75, 3.05) is 0 Å². The highest BCUT2D eigenvalue weighted by molar-refractivity contribution is 6.03. The number of benzene rings is 1. The fourth-order valence-corrected chi connectivity index (χ4v) is 3.06. The van der Waals surface area contributed by atoms with E-state index < -0.39 is 11.9 Å². The molecule has 0 aliphatic rings. The van der Waals surface area contributed by atoms with Crippen LogP contribution >= 0.6 is 0 Å². The van der Waals surface area contributed by atoms with Crippen molar-refractivity contribution in [2.45, 2.75) is 0 Å². The molecule has 152 valence electrons. The number of rotatable bonds is 3. The topological polar surface area (TPSA) is 118 Å². The summed E-state index contributed by atoms with van der Waals surface area (Å²) < 4.78 is 1.67. The zero-order valence-electron chi connectivity index (χ0n) is 16.1. The molecule has 2 N–H and O–H groups in total. The number of hydrogen-bond donors (Lipinski definition) is 2. The predicted octanol–water partition coefficient (Wildman–Crippen LogP) is 4.03. The Labute approximate surface area is 176 Å². The molecule has 0 aliphatic heterocycles. The molecule has 0 unspecified atom stereocenters. The molecule has 4 aromatic heterocycles. The van der Waals surface area contributed by atoms with Gasteiger partial charge in [0.15, 0.2) is 0 Å². The molecule has 1 aromatic carbocycles. The summed E-state index contributed by atoms with van der Waals surface area (Å²) in [5.41, 5.74) is 3.50. The standard InChI is InChI=1S/C15H10N2O2.C8H6N2O2/c18-15(19)12-8-13(10-4-2-1-3-5-10)17-14-9-16-7-6-11(12)14;11-8(12)6-1-2-7-3-9-5-10(7)4-6/h1-9H,(H,18,19);1-5H,(H,11,12). The van der Waals surface area contributed by atoms with Gasteiger partial charge in [-0.15, -0.1) is 0 Å². The highest BCUT2D eigenvalue weighted by atomic mass is 16.4. The van der Waals surface area contributed by atoms with Crippen molar-refractivity contribution in [1.29, 1.82) is 0 Å². The molecular formula is C23H16N4O4. The smallest absolute Gasteiger partial charge is 0.337 e. The van der Waals surface area contributed by atoms with E-state index in [-0.39, 0.29) is 11.1 Å². The molecule has 8 nitrogen and oxygen atoms in total. The Morgan fingerprint density at radius 3 is 2.42 bits per heavy atom. The molecule has 31 heavy (non-hydrogen) atoms. The summed E-state index contributed by atoms with van der Waals surface area (Å²) in [4.78, 5) is 34.2. The van der Waals surface area contributed by atoms with Gasteiger partial charge in [0.05, 0.1) is 46.6 Å². The fourth-order valence-electron chi connectivity index (χ4n) is 3.06. The van der Waals surface area contributed by atoms with Gasteiger partial charge in [-0.25, -0.2) is 19.6 Å². The maximum Gasteiger partial charge on any atom is 0.337 e. The molecule has 0 amide bonds. The number of aromatic nitrogens is 4. The van der Waals surface area contributed by atoms with Crippen LogP contribution in [0, 0.1) is 0 Å². The molecule has 0 spiro atoms. The van der Waals surface area contributed by atoms with Crippen LogP contribution in [-0.4, -0.2) is 41.5 Å². The van der Waals surface area contributed by atoms with Crippen molar-refractivity contribution in [3.05, 3.63) is 96.8 Å². The molecule has 0 atom stereocenters. The first kappa shape index (κ1) is 19.7. The zero-order valence-corrected chi connectivity index (χ0v) is 16.1. The van der Waals surface area contributed by atoms with E-state index in [2.05, 4.69) is 15.0 Å². The molecule has 0 saturated carbocycles. The number of nitrogens with zero attached hydrogens (tertiary/aromatic N) is 4. The van der Waals surface area contributed by atoms with E-state index in [1.807, 2.05) is 30.3 Å². The monoisotopic (exact) mass is 412 g/mol. The zero-order chi connectivity index (χ0) is 21.8. The molecule has 0 radical (unpaired) electrons. The van der Waals surface area contributed by atoms with Crippen molar-refractivity contribution >= 4 is 28.4 Å². The first-order valence-electron chi connectivity index (χ1n) is 9.21. The van der Waals surface area contributed by atoms with Crippen molar-refractivity contribution in [1.82, 2.24) is 19.4 Å². The van der Waals surface area contributed by atoms with Gasteiger partial charge in [0.25, 0.3) is 0 Å². The number of carboxylic acid groups (broad SMARTS) is 2. The van der Waals surface area contributed by atoms with Crippen molar-refractivity contribution in [3.8, 4) is 11.3 Å². The predicted molar refractivity (Wildman–Crippen MR) is 114 cm³/mol. The maximum atomic E-state index is 11.4. The summed E-state index contributed by atoms with van der Waals surface area (Å²) >= 11 is 0. The summed E-state index contributed by atoms with van der Waals surface area (Å²) in [5, 5.41) is 18.6. The maximum absolute atomic E-state index is 11.4. The third-order valence-electron chi connectivity index (χ3n) is 4.57. The van der Waals surface area contributed by atoms with Crippen LogP contribution in [0.15, 0.2) is 85.7 Å². The number of fused-ring (bicyclic) bond motifs is 2. The second kappa shape index (κ2) is 8.42. The van der Waals surface area contributed by atoms with Crippen molar-refractivity contribution in [2.24, 2.45) is 0 Å². The molecule has 8 heteroatoms. The van der Waals surface area contributed by atoms with Crippen LogP contribution in [0.2, 0.25) is 0 Å². The highest BCUT2D eigenvalue weighted by Gasteiger charge is 2.12. The minimum Gasteiger partial charge on any atom is -0.478 e. The Morgan fingerprint density at radius 1 is 0.871 bits per heavy atom. The van der Waals surface area contributed by atoms with Crippen molar-refractivity contribution < 1.29 is 19.8 Å². The van der Waals surface area contributed by atoms with E-state index in [1.165, 1.54) is 6.20 Å². The largest absolute Gasteiger partial charge is 0.478 e. The van der Waals surface area contributed by atoms with E-state index in [0.717, 1.165) is 11.1 Å². The number of carboxylic acids is 2. The lowest BCUT2D eigenvalue weighted by Crippen LogP contribution is -2.00.